The molecule has 2 atom stereocenters. The van der Waals surface area contributed by atoms with Crippen LogP contribution in [0.3, 0.4) is 0 Å². The zero-order valence-electron chi connectivity index (χ0n) is 16.1. The molecule has 3 rings (SSSR count). The summed E-state index contributed by atoms with van der Waals surface area (Å²) in [5.41, 5.74) is 9.71. The van der Waals surface area contributed by atoms with Gasteiger partial charge in [0.05, 0.1) is 19.3 Å². The van der Waals surface area contributed by atoms with Crippen LogP contribution in [0.4, 0.5) is 0 Å². The Balaban J connectivity index is 1.62. The van der Waals surface area contributed by atoms with Crippen molar-refractivity contribution in [2.45, 2.75) is 38.0 Å². The first-order valence-corrected chi connectivity index (χ1v) is 9.38. The lowest BCUT2D eigenvalue weighted by Gasteiger charge is -2.25. The molecular formula is C21H25N3O5. The minimum Gasteiger partial charge on any atom is -0.393 e. The Hall–Kier alpha value is -2.78. The van der Waals surface area contributed by atoms with E-state index in [0.29, 0.717) is 6.42 Å². The molecule has 1 aliphatic heterocycles. The molecule has 0 spiro atoms. The monoisotopic (exact) mass is 399 g/mol. The van der Waals surface area contributed by atoms with E-state index in [1.165, 1.54) is 12.4 Å². The number of aliphatic hydroxyl groups is 1. The van der Waals surface area contributed by atoms with Crippen LogP contribution < -0.4 is 16.3 Å². The molecule has 2 amide bonds. The summed E-state index contributed by atoms with van der Waals surface area (Å²) >= 11 is 0. The minimum absolute atomic E-state index is 0.0123. The van der Waals surface area contributed by atoms with Crippen LogP contribution >= 0.6 is 0 Å². The number of hydroxylamine groups is 1. The van der Waals surface area contributed by atoms with Crippen LogP contribution in [0.15, 0.2) is 48.5 Å². The molecule has 29 heavy (non-hydrogen) atoms. The smallest absolute Gasteiger partial charge is 0.277 e. The van der Waals surface area contributed by atoms with Crippen molar-refractivity contribution in [2.24, 2.45) is 0 Å². The fourth-order valence-electron chi connectivity index (χ4n) is 3.07. The summed E-state index contributed by atoms with van der Waals surface area (Å²) in [6.45, 7) is 0.965. The van der Waals surface area contributed by atoms with Crippen LogP contribution in [0.1, 0.15) is 36.9 Å². The molecule has 0 aliphatic carbocycles. The highest BCUT2D eigenvalue weighted by atomic mass is 16.5. The van der Waals surface area contributed by atoms with Gasteiger partial charge < -0.3 is 9.84 Å². The van der Waals surface area contributed by atoms with E-state index in [1.54, 1.807) is 0 Å². The lowest BCUT2D eigenvalue weighted by Crippen LogP contribution is -2.48. The number of carbonyl (C=O) groups is 2. The van der Waals surface area contributed by atoms with Crippen molar-refractivity contribution in [1.82, 2.24) is 16.3 Å². The van der Waals surface area contributed by atoms with Gasteiger partial charge in [0.15, 0.2) is 5.60 Å². The molecule has 1 aliphatic rings. The van der Waals surface area contributed by atoms with Crippen LogP contribution in [0.25, 0.3) is 11.1 Å². The van der Waals surface area contributed by atoms with Crippen LogP contribution in [-0.4, -0.2) is 34.3 Å². The van der Waals surface area contributed by atoms with Gasteiger partial charge in [-0.1, -0.05) is 48.5 Å². The maximum absolute atomic E-state index is 11.6. The molecule has 1 saturated heterocycles. The van der Waals surface area contributed by atoms with Gasteiger partial charge in [0.1, 0.15) is 0 Å². The lowest BCUT2D eigenvalue weighted by atomic mass is 9.97. The second kappa shape index (κ2) is 9.15. The maximum Gasteiger partial charge on any atom is 0.277 e. The highest BCUT2D eigenvalue weighted by Gasteiger charge is 2.33. The van der Waals surface area contributed by atoms with Gasteiger partial charge in [0.25, 0.3) is 5.91 Å². The molecule has 8 nitrogen and oxygen atoms in total. The van der Waals surface area contributed by atoms with Crippen LogP contribution in [0.2, 0.25) is 0 Å². The SMILES string of the molecule is CC(CO)(OCc1ccc(-c2ccc(C3CCC(=O)NN3)cc2)cc1)C(=O)NO. The third-order valence-electron chi connectivity index (χ3n) is 5.09. The Kier molecular flexibility index (Phi) is 6.60. The van der Waals surface area contributed by atoms with Crippen molar-refractivity contribution >= 4 is 11.8 Å². The van der Waals surface area contributed by atoms with Crippen LogP contribution in [-0.2, 0) is 20.9 Å². The van der Waals surface area contributed by atoms with E-state index >= 15 is 0 Å². The Morgan fingerprint density at radius 1 is 1.17 bits per heavy atom. The topological polar surface area (TPSA) is 120 Å². The van der Waals surface area contributed by atoms with Crippen molar-refractivity contribution in [2.75, 3.05) is 6.61 Å². The van der Waals surface area contributed by atoms with Gasteiger partial charge in [-0.25, -0.2) is 10.9 Å². The van der Waals surface area contributed by atoms with Crippen molar-refractivity contribution in [3.8, 4) is 11.1 Å². The second-order valence-electron chi connectivity index (χ2n) is 7.22. The predicted molar refractivity (Wildman–Crippen MR) is 105 cm³/mol. The zero-order chi connectivity index (χ0) is 20.9. The normalized spacial score (nSPS) is 18.6. The highest BCUT2D eigenvalue weighted by molar-refractivity contribution is 5.83. The van der Waals surface area contributed by atoms with Crippen molar-refractivity contribution < 1.29 is 24.6 Å². The molecule has 0 radical (unpaired) electrons. The third kappa shape index (κ3) is 4.99. The van der Waals surface area contributed by atoms with Crippen molar-refractivity contribution in [1.29, 1.82) is 0 Å². The first kappa shape index (κ1) is 20.9. The molecule has 0 aromatic heterocycles. The van der Waals surface area contributed by atoms with Gasteiger partial charge in [-0.05, 0) is 35.6 Å². The number of benzene rings is 2. The molecule has 1 heterocycles. The number of ether oxygens (including phenoxy) is 1. The van der Waals surface area contributed by atoms with E-state index < -0.39 is 18.1 Å². The number of hydrogen-bond donors (Lipinski definition) is 5. The standard InChI is InChI=1S/C21H25N3O5/c1-21(13-25,20(27)24-28)29-12-14-2-4-15(5-3-14)16-6-8-17(9-7-16)18-10-11-19(26)23-22-18/h2-9,18,22,25,28H,10-13H2,1H3,(H,23,26)(H,24,27). The average molecular weight is 399 g/mol. The molecule has 5 N–H and O–H groups in total. The average Bonchev–Trinajstić information content (AvgIpc) is 2.78. The molecular weight excluding hydrogens is 374 g/mol. The lowest BCUT2D eigenvalue weighted by molar-refractivity contribution is -0.161. The minimum atomic E-state index is -1.52. The van der Waals surface area contributed by atoms with Gasteiger partial charge in [-0.15, -0.1) is 0 Å². The summed E-state index contributed by atoms with van der Waals surface area (Å²) < 4.78 is 5.49. The van der Waals surface area contributed by atoms with Gasteiger partial charge >= 0.3 is 0 Å². The first-order valence-electron chi connectivity index (χ1n) is 9.38. The number of amides is 2. The van der Waals surface area contributed by atoms with Crippen LogP contribution in [0, 0.1) is 0 Å². The summed E-state index contributed by atoms with van der Waals surface area (Å²) in [5, 5.41) is 18.1. The third-order valence-corrected chi connectivity index (χ3v) is 5.09. The van der Waals surface area contributed by atoms with Gasteiger partial charge in [0, 0.05) is 6.42 Å². The molecule has 2 aromatic rings. The number of hydrogen-bond acceptors (Lipinski definition) is 6. The summed E-state index contributed by atoms with van der Waals surface area (Å²) in [4.78, 5) is 22.9. The molecule has 8 heteroatoms. The number of hydrazine groups is 1. The van der Waals surface area contributed by atoms with Gasteiger partial charge in [-0.2, -0.15) is 0 Å². The number of aliphatic hydroxyl groups excluding tert-OH is 1. The Morgan fingerprint density at radius 3 is 2.31 bits per heavy atom. The fraction of sp³-hybridized carbons (Fsp3) is 0.333. The van der Waals surface area contributed by atoms with E-state index in [-0.39, 0.29) is 18.6 Å². The molecule has 2 aromatic carbocycles. The van der Waals surface area contributed by atoms with Gasteiger partial charge in [0.2, 0.25) is 5.91 Å². The quantitative estimate of drug-likeness (QED) is 0.356. The molecule has 1 fully saturated rings. The van der Waals surface area contributed by atoms with E-state index in [1.807, 2.05) is 48.5 Å². The Labute approximate surface area is 168 Å². The van der Waals surface area contributed by atoms with Crippen LogP contribution in [0.5, 0.6) is 0 Å². The zero-order valence-corrected chi connectivity index (χ0v) is 16.1. The summed E-state index contributed by atoms with van der Waals surface area (Å²) in [7, 11) is 0. The van der Waals surface area contributed by atoms with E-state index in [4.69, 9.17) is 9.94 Å². The Bertz CT molecular complexity index is 844. The molecule has 2 unspecified atom stereocenters. The summed E-state index contributed by atoms with van der Waals surface area (Å²) in [6, 6.07) is 15.9. The number of rotatable bonds is 7. The summed E-state index contributed by atoms with van der Waals surface area (Å²) in [5.74, 6) is -0.790. The Morgan fingerprint density at radius 2 is 1.79 bits per heavy atom. The predicted octanol–water partition coefficient (Wildman–Crippen LogP) is 1.58. The second-order valence-corrected chi connectivity index (χ2v) is 7.22. The highest BCUT2D eigenvalue weighted by Crippen LogP contribution is 2.25. The number of carbonyl (C=O) groups excluding carboxylic acids is 2. The van der Waals surface area contributed by atoms with Gasteiger partial charge in [-0.3, -0.25) is 20.2 Å². The first-order chi connectivity index (χ1) is 13.9. The molecule has 154 valence electrons. The largest absolute Gasteiger partial charge is 0.393 e. The van der Waals surface area contributed by atoms with Crippen molar-refractivity contribution in [3.05, 3.63) is 59.7 Å². The van der Waals surface area contributed by atoms with Crippen molar-refractivity contribution in [3.63, 3.8) is 0 Å². The molecule has 0 saturated carbocycles. The summed E-state index contributed by atoms with van der Waals surface area (Å²) in [6.07, 6.45) is 1.28. The number of nitrogens with one attached hydrogen (secondary N) is 3. The fourth-order valence-corrected chi connectivity index (χ4v) is 3.07. The van der Waals surface area contributed by atoms with E-state index in [0.717, 1.165) is 28.7 Å². The maximum atomic E-state index is 11.6. The van der Waals surface area contributed by atoms with E-state index in [9.17, 15) is 14.7 Å². The molecule has 0 bridgehead atoms. The van der Waals surface area contributed by atoms with E-state index in [2.05, 4.69) is 10.9 Å².